The van der Waals surface area contributed by atoms with Gasteiger partial charge in [-0.2, -0.15) is 0 Å². The van der Waals surface area contributed by atoms with Crippen LogP contribution in [0.4, 0.5) is 0 Å². The zero-order valence-electron chi connectivity index (χ0n) is 11.9. The van der Waals surface area contributed by atoms with E-state index in [9.17, 15) is 8.42 Å². The summed E-state index contributed by atoms with van der Waals surface area (Å²) in [5.41, 5.74) is 3.78. The molecule has 1 aromatic carbocycles. The molecule has 19 heavy (non-hydrogen) atoms. The normalized spacial score (nSPS) is 24.1. The summed E-state index contributed by atoms with van der Waals surface area (Å²) in [4.78, 5) is 0. The smallest absolute Gasteiger partial charge is 0.151 e. The van der Waals surface area contributed by atoms with E-state index in [0.717, 1.165) is 12.8 Å². The molecule has 1 heterocycles. The highest BCUT2D eigenvalue weighted by molar-refractivity contribution is 7.91. The van der Waals surface area contributed by atoms with Crippen LogP contribution in [0.25, 0.3) is 0 Å². The van der Waals surface area contributed by atoms with Crippen molar-refractivity contribution in [2.45, 2.75) is 45.7 Å². The first-order valence-electron chi connectivity index (χ1n) is 6.91. The van der Waals surface area contributed by atoms with Gasteiger partial charge in [-0.25, -0.2) is 8.42 Å². The fourth-order valence-corrected chi connectivity index (χ4v) is 4.56. The number of aryl methyl sites for hydroxylation is 2. The van der Waals surface area contributed by atoms with Crippen molar-refractivity contribution in [2.24, 2.45) is 0 Å². The van der Waals surface area contributed by atoms with Crippen LogP contribution in [-0.2, 0) is 9.84 Å². The highest BCUT2D eigenvalue weighted by atomic mass is 32.2. The minimum absolute atomic E-state index is 0.0921. The van der Waals surface area contributed by atoms with Gasteiger partial charge in [0.15, 0.2) is 9.84 Å². The molecule has 0 bridgehead atoms. The van der Waals surface area contributed by atoms with Gasteiger partial charge in [0.25, 0.3) is 0 Å². The lowest BCUT2D eigenvalue weighted by Crippen LogP contribution is -2.41. The van der Waals surface area contributed by atoms with Crippen molar-refractivity contribution in [1.82, 2.24) is 5.32 Å². The minimum Gasteiger partial charge on any atom is -0.306 e. The predicted octanol–water partition coefficient (Wildman–Crippen LogP) is 2.53. The number of hydrogen-bond donors (Lipinski definition) is 1. The highest BCUT2D eigenvalue weighted by Gasteiger charge is 2.25. The molecule has 2 atom stereocenters. The number of hydrogen-bond acceptors (Lipinski definition) is 3. The molecule has 2 rings (SSSR count). The standard InChI is InChI=1S/C15H23NO2S/c1-11-6-7-15(12(2)9-11)13(3)16-14-5-4-8-19(17,18)10-14/h6-7,9,13-14,16H,4-5,8,10H2,1-3H3. The summed E-state index contributed by atoms with van der Waals surface area (Å²) in [5.74, 6) is 0.630. The molecule has 0 radical (unpaired) electrons. The molecule has 1 aliphatic heterocycles. The second-order valence-electron chi connectivity index (χ2n) is 5.70. The molecule has 1 aromatic rings. The van der Waals surface area contributed by atoms with Crippen molar-refractivity contribution >= 4 is 9.84 Å². The molecule has 4 heteroatoms. The van der Waals surface area contributed by atoms with Gasteiger partial charge in [0, 0.05) is 12.1 Å². The predicted molar refractivity (Wildman–Crippen MR) is 79.1 cm³/mol. The lowest BCUT2D eigenvalue weighted by Gasteiger charge is -2.27. The summed E-state index contributed by atoms with van der Waals surface area (Å²) < 4.78 is 23.3. The lowest BCUT2D eigenvalue weighted by atomic mass is 9.99. The van der Waals surface area contributed by atoms with Crippen LogP contribution >= 0.6 is 0 Å². The molecule has 0 aliphatic carbocycles. The highest BCUT2D eigenvalue weighted by Crippen LogP contribution is 2.21. The van der Waals surface area contributed by atoms with Crippen molar-refractivity contribution in [1.29, 1.82) is 0 Å². The molecule has 106 valence electrons. The van der Waals surface area contributed by atoms with E-state index >= 15 is 0 Å². The van der Waals surface area contributed by atoms with E-state index in [1.807, 2.05) is 0 Å². The Morgan fingerprint density at radius 1 is 1.32 bits per heavy atom. The third-order valence-electron chi connectivity index (χ3n) is 3.84. The Balaban J connectivity index is 2.06. The SMILES string of the molecule is Cc1ccc(C(C)NC2CCCS(=O)(=O)C2)c(C)c1. The molecule has 1 aliphatic rings. The maximum atomic E-state index is 11.7. The molecule has 1 saturated heterocycles. The van der Waals surface area contributed by atoms with Gasteiger partial charge in [-0.1, -0.05) is 23.8 Å². The summed E-state index contributed by atoms with van der Waals surface area (Å²) in [6, 6.07) is 6.71. The van der Waals surface area contributed by atoms with E-state index in [1.54, 1.807) is 0 Å². The molecular weight excluding hydrogens is 258 g/mol. The van der Waals surface area contributed by atoms with Crippen LogP contribution in [0.1, 0.15) is 42.5 Å². The first kappa shape index (κ1) is 14.5. The quantitative estimate of drug-likeness (QED) is 0.926. The van der Waals surface area contributed by atoms with Crippen molar-refractivity contribution in [3.63, 3.8) is 0 Å². The van der Waals surface area contributed by atoms with Gasteiger partial charge in [0.05, 0.1) is 11.5 Å². The number of sulfone groups is 1. The molecule has 0 aromatic heterocycles. The lowest BCUT2D eigenvalue weighted by molar-refractivity contribution is 0.436. The summed E-state index contributed by atoms with van der Waals surface area (Å²) >= 11 is 0. The van der Waals surface area contributed by atoms with E-state index in [0.29, 0.717) is 5.75 Å². The molecule has 0 saturated carbocycles. The molecular formula is C15H23NO2S. The van der Waals surface area contributed by atoms with Crippen LogP contribution in [0.15, 0.2) is 18.2 Å². The maximum Gasteiger partial charge on any atom is 0.151 e. The van der Waals surface area contributed by atoms with Gasteiger partial charge >= 0.3 is 0 Å². The molecule has 1 N–H and O–H groups in total. The molecule has 2 unspecified atom stereocenters. The second-order valence-corrected chi connectivity index (χ2v) is 7.93. The van der Waals surface area contributed by atoms with E-state index in [-0.39, 0.29) is 17.8 Å². The van der Waals surface area contributed by atoms with Gasteiger partial charge in [0.2, 0.25) is 0 Å². The van der Waals surface area contributed by atoms with Crippen molar-refractivity contribution < 1.29 is 8.42 Å². The summed E-state index contributed by atoms with van der Waals surface area (Å²) in [5, 5.41) is 3.47. The Labute approximate surface area is 116 Å². The summed E-state index contributed by atoms with van der Waals surface area (Å²) in [6.07, 6.45) is 1.73. The Morgan fingerprint density at radius 2 is 2.05 bits per heavy atom. The Morgan fingerprint density at radius 3 is 2.68 bits per heavy atom. The van der Waals surface area contributed by atoms with Gasteiger partial charge in [0.1, 0.15) is 0 Å². The monoisotopic (exact) mass is 281 g/mol. The number of nitrogens with one attached hydrogen (secondary N) is 1. The molecule has 1 fully saturated rings. The van der Waals surface area contributed by atoms with E-state index in [1.165, 1.54) is 16.7 Å². The summed E-state index contributed by atoms with van der Waals surface area (Å²) in [7, 11) is -2.84. The Kier molecular flexibility index (Phi) is 4.31. The van der Waals surface area contributed by atoms with Crippen molar-refractivity contribution in [3.8, 4) is 0 Å². The van der Waals surface area contributed by atoms with Crippen LogP contribution < -0.4 is 5.32 Å². The average Bonchev–Trinajstić information content (AvgIpc) is 2.27. The Bertz CT molecular complexity index is 551. The molecule has 0 amide bonds. The van der Waals surface area contributed by atoms with Gasteiger partial charge < -0.3 is 5.32 Å². The maximum absolute atomic E-state index is 11.7. The fraction of sp³-hybridized carbons (Fsp3) is 0.600. The number of rotatable bonds is 3. The van der Waals surface area contributed by atoms with Gasteiger partial charge in [-0.15, -0.1) is 0 Å². The van der Waals surface area contributed by atoms with Crippen molar-refractivity contribution in [2.75, 3.05) is 11.5 Å². The van der Waals surface area contributed by atoms with Crippen LogP contribution in [0.2, 0.25) is 0 Å². The largest absolute Gasteiger partial charge is 0.306 e. The van der Waals surface area contributed by atoms with Crippen LogP contribution in [0.5, 0.6) is 0 Å². The van der Waals surface area contributed by atoms with Crippen LogP contribution in [0, 0.1) is 13.8 Å². The molecule has 3 nitrogen and oxygen atoms in total. The van der Waals surface area contributed by atoms with Gasteiger partial charge in [-0.05, 0) is 44.7 Å². The van der Waals surface area contributed by atoms with Crippen molar-refractivity contribution in [3.05, 3.63) is 34.9 Å². The zero-order valence-corrected chi connectivity index (χ0v) is 12.8. The summed E-state index contributed by atoms with van der Waals surface area (Å²) in [6.45, 7) is 6.31. The molecule has 0 spiro atoms. The van der Waals surface area contributed by atoms with Crippen LogP contribution in [-0.4, -0.2) is 26.0 Å². The first-order valence-corrected chi connectivity index (χ1v) is 8.73. The third kappa shape index (κ3) is 3.80. The van der Waals surface area contributed by atoms with Crippen LogP contribution in [0.3, 0.4) is 0 Å². The third-order valence-corrected chi connectivity index (χ3v) is 5.66. The average molecular weight is 281 g/mol. The second kappa shape index (κ2) is 5.63. The zero-order chi connectivity index (χ0) is 14.0. The fourth-order valence-electron chi connectivity index (χ4n) is 2.91. The number of benzene rings is 1. The van der Waals surface area contributed by atoms with Gasteiger partial charge in [-0.3, -0.25) is 0 Å². The first-order chi connectivity index (χ1) is 8.87. The van der Waals surface area contributed by atoms with E-state index in [4.69, 9.17) is 0 Å². The Hall–Kier alpha value is -0.870. The minimum atomic E-state index is -2.84. The topological polar surface area (TPSA) is 46.2 Å². The van der Waals surface area contributed by atoms with E-state index < -0.39 is 9.84 Å². The van der Waals surface area contributed by atoms with E-state index in [2.05, 4.69) is 44.3 Å².